The molecule has 130 valence electrons. The predicted molar refractivity (Wildman–Crippen MR) is 95.0 cm³/mol. The van der Waals surface area contributed by atoms with E-state index >= 15 is 0 Å². The summed E-state index contributed by atoms with van der Waals surface area (Å²) >= 11 is 0.997. The lowest BCUT2D eigenvalue weighted by molar-refractivity contribution is -0.380. The van der Waals surface area contributed by atoms with Crippen LogP contribution in [0.15, 0.2) is 30.5 Å². The maximum absolute atomic E-state index is 12.4. The van der Waals surface area contributed by atoms with E-state index in [0.29, 0.717) is 17.3 Å². The van der Waals surface area contributed by atoms with Gasteiger partial charge in [0.25, 0.3) is 0 Å². The topological polar surface area (TPSA) is 109 Å². The van der Waals surface area contributed by atoms with Crippen molar-refractivity contribution in [2.24, 2.45) is 5.92 Å². The quantitative estimate of drug-likeness (QED) is 0.463. The SMILES string of the molecule is CC(C)CC(C(=O)NCC#N)c1cccc(-c2ncc([N+](=O)[O-])s2)c1. The molecule has 0 radical (unpaired) electrons. The number of rotatable bonds is 7. The van der Waals surface area contributed by atoms with Gasteiger partial charge in [0.05, 0.1) is 16.9 Å². The Bertz CT molecular complexity index is 810. The van der Waals surface area contributed by atoms with Crippen LogP contribution in [0.3, 0.4) is 0 Å². The summed E-state index contributed by atoms with van der Waals surface area (Å²) in [5, 5.41) is 22.6. The number of nitro groups is 1. The predicted octanol–water partition coefficient (Wildman–Crippen LogP) is 3.49. The first-order chi connectivity index (χ1) is 11.9. The first-order valence-corrected chi connectivity index (χ1v) is 8.59. The molecular weight excluding hydrogens is 340 g/mol. The van der Waals surface area contributed by atoms with E-state index in [4.69, 9.17) is 5.26 Å². The Hall–Kier alpha value is -2.79. The zero-order valence-electron chi connectivity index (χ0n) is 13.9. The van der Waals surface area contributed by atoms with Crippen molar-refractivity contribution in [3.05, 3.63) is 46.1 Å². The summed E-state index contributed by atoms with van der Waals surface area (Å²) in [6.45, 7) is 4.02. The van der Waals surface area contributed by atoms with Crippen LogP contribution in [0.25, 0.3) is 10.6 Å². The van der Waals surface area contributed by atoms with E-state index in [1.165, 1.54) is 6.20 Å². The van der Waals surface area contributed by atoms with Crippen molar-refractivity contribution in [3.63, 3.8) is 0 Å². The van der Waals surface area contributed by atoms with E-state index in [1.54, 1.807) is 0 Å². The minimum Gasteiger partial charge on any atom is -0.342 e. The highest BCUT2D eigenvalue weighted by atomic mass is 32.1. The molecule has 0 fully saturated rings. The van der Waals surface area contributed by atoms with Gasteiger partial charge in [-0.2, -0.15) is 5.26 Å². The Morgan fingerprint density at radius 1 is 1.48 bits per heavy atom. The molecule has 7 nitrogen and oxygen atoms in total. The number of nitrogens with zero attached hydrogens (tertiary/aromatic N) is 3. The highest BCUT2D eigenvalue weighted by molar-refractivity contribution is 7.18. The summed E-state index contributed by atoms with van der Waals surface area (Å²) < 4.78 is 0. The number of amides is 1. The Kier molecular flexibility index (Phi) is 6.19. The summed E-state index contributed by atoms with van der Waals surface area (Å²) in [4.78, 5) is 26.9. The fourth-order valence-electron chi connectivity index (χ4n) is 2.49. The number of nitriles is 1. The maximum Gasteiger partial charge on any atom is 0.344 e. The molecule has 0 aliphatic carbocycles. The molecule has 8 heteroatoms. The van der Waals surface area contributed by atoms with Crippen molar-refractivity contribution >= 4 is 22.2 Å². The molecule has 1 N–H and O–H groups in total. The van der Waals surface area contributed by atoms with Crippen molar-refractivity contribution < 1.29 is 9.72 Å². The van der Waals surface area contributed by atoms with Crippen LogP contribution >= 0.6 is 11.3 Å². The zero-order valence-corrected chi connectivity index (χ0v) is 14.7. The van der Waals surface area contributed by atoms with Crippen LogP contribution in [0.2, 0.25) is 0 Å². The van der Waals surface area contributed by atoms with E-state index in [2.05, 4.69) is 10.3 Å². The second-order valence-corrected chi connectivity index (χ2v) is 6.95. The molecule has 1 aromatic carbocycles. The average Bonchev–Trinajstić information content (AvgIpc) is 3.08. The van der Waals surface area contributed by atoms with Gasteiger partial charge in [0, 0.05) is 5.56 Å². The van der Waals surface area contributed by atoms with Gasteiger partial charge < -0.3 is 5.32 Å². The van der Waals surface area contributed by atoms with Gasteiger partial charge in [0.1, 0.15) is 17.7 Å². The van der Waals surface area contributed by atoms with Gasteiger partial charge in [-0.1, -0.05) is 32.0 Å². The third-order valence-electron chi connectivity index (χ3n) is 3.57. The largest absolute Gasteiger partial charge is 0.344 e. The van der Waals surface area contributed by atoms with Gasteiger partial charge in [-0.05, 0) is 35.3 Å². The lowest BCUT2D eigenvalue weighted by atomic mass is 9.88. The highest BCUT2D eigenvalue weighted by Crippen LogP contribution is 2.32. The van der Waals surface area contributed by atoms with Crippen LogP contribution in [-0.4, -0.2) is 22.4 Å². The highest BCUT2D eigenvalue weighted by Gasteiger charge is 2.22. The Labute approximate surface area is 149 Å². The third kappa shape index (κ3) is 4.84. The van der Waals surface area contributed by atoms with Gasteiger partial charge in [0.15, 0.2) is 0 Å². The van der Waals surface area contributed by atoms with Crippen LogP contribution < -0.4 is 5.32 Å². The number of aromatic nitrogens is 1. The molecule has 0 aliphatic heterocycles. The lowest BCUT2D eigenvalue weighted by Crippen LogP contribution is -2.30. The molecule has 0 saturated carbocycles. The number of benzene rings is 1. The van der Waals surface area contributed by atoms with E-state index in [1.807, 2.05) is 44.2 Å². The van der Waals surface area contributed by atoms with E-state index < -0.39 is 4.92 Å². The number of thiazole rings is 1. The fraction of sp³-hybridized carbons (Fsp3) is 0.353. The summed E-state index contributed by atoms with van der Waals surface area (Å²) in [5.41, 5.74) is 1.54. The Morgan fingerprint density at radius 2 is 2.24 bits per heavy atom. The molecule has 1 aromatic heterocycles. The van der Waals surface area contributed by atoms with E-state index in [0.717, 1.165) is 22.5 Å². The first kappa shape index (κ1) is 18.5. The normalized spacial score (nSPS) is 11.8. The zero-order chi connectivity index (χ0) is 18.4. The smallest absolute Gasteiger partial charge is 0.342 e. The number of hydrogen-bond acceptors (Lipinski definition) is 6. The molecule has 1 unspecified atom stereocenters. The summed E-state index contributed by atoms with van der Waals surface area (Å²) in [6.07, 6.45) is 1.87. The van der Waals surface area contributed by atoms with Crippen LogP contribution in [0.4, 0.5) is 5.00 Å². The number of nitrogens with one attached hydrogen (secondary N) is 1. The van der Waals surface area contributed by atoms with E-state index in [-0.39, 0.29) is 23.4 Å². The molecule has 25 heavy (non-hydrogen) atoms. The molecule has 1 amide bonds. The van der Waals surface area contributed by atoms with Crippen molar-refractivity contribution in [2.45, 2.75) is 26.2 Å². The first-order valence-electron chi connectivity index (χ1n) is 7.77. The molecule has 2 aromatic rings. The minimum atomic E-state index is -0.470. The monoisotopic (exact) mass is 358 g/mol. The molecule has 2 rings (SSSR count). The van der Waals surface area contributed by atoms with Crippen LogP contribution in [0.1, 0.15) is 31.7 Å². The standard InChI is InChI=1S/C17H18N4O3S/c1-11(2)8-14(16(22)19-7-6-18)12-4-3-5-13(9-12)17-20-10-15(25-17)21(23)24/h3-5,9-11,14H,7-8H2,1-2H3,(H,19,22). The second-order valence-electron chi connectivity index (χ2n) is 5.94. The van der Waals surface area contributed by atoms with Gasteiger partial charge >= 0.3 is 5.00 Å². The molecule has 0 saturated heterocycles. The number of carbonyl (C=O) groups excluding carboxylic acids is 1. The Morgan fingerprint density at radius 3 is 2.84 bits per heavy atom. The van der Waals surface area contributed by atoms with Gasteiger partial charge in [-0.25, -0.2) is 4.98 Å². The molecule has 0 spiro atoms. The summed E-state index contributed by atoms with van der Waals surface area (Å²) in [7, 11) is 0. The molecular formula is C17H18N4O3S. The van der Waals surface area contributed by atoms with Gasteiger partial charge in [-0.3, -0.25) is 14.9 Å². The van der Waals surface area contributed by atoms with Crippen molar-refractivity contribution in [2.75, 3.05) is 6.54 Å². The van der Waals surface area contributed by atoms with Crippen LogP contribution in [0.5, 0.6) is 0 Å². The maximum atomic E-state index is 12.4. The lowest BCUT2D eigenvalue weighted by Gasteiger charge is -2.19. The van der Waals surface area contributed by atoms with Gasteiger partial charge in [-0.15, -0.1) is 0 Å². The van der Waals surface area contributed by atoms with E-state index in [9.17, 15) is 14.9 Å². The van der Waals surface area contributed by atoms with Crippen molar-refractivity contribution in [3.8, 4) is 16.6 Å². The molecule has 0 aliphatic rings. The second kappa shape index (κ2) is 8.35. The molecule has 0 bridgehead atoms. The number of carbonyl (C=O) groups is 1. The van der Waals surface area contributed by atoms with Crippen molar-refractivity contribution in [1.29, 1.82) is 5.26 Å². The summed E-state index contributed by atoms with van der Waals surface area (Å²) in [6, 6.07) is 9.21. The van der Waals surface area contributed by atoms with Crippen molar-refractivity contribution in [1.82, 2.24) is 10.3 Å². The average molecular weight is 358 g/mol. The molecule has 1 heterocycles. The Balaban J connectivity index is 2.33. The van der Waals surface area contributed by atoms with Gasteiger partial charge in [0.2, 0.25) is 5.91 Å². The fourth-order valence-corrected chi connectivity index (χ4v) is 3.22. The minimum absolute atomic E-state index is 0.0223. The van der Waals surface area contributed by atoms with Crippen LogP contribution in [0, 0.1) is 27.4 Å². The van der Waals surface area contributed by atoms with Crippen LogP contribution in [-0.2, 0) is 4.79 Å². The third-order valence-corrected chi connectivity index (χ3v) is 4.57. The molecule has 1 atom stereocenters. The summed E-state index contributed by atoms with van der Waals surface area (Å²) in [5.74, 6) is -0.289. The number of hydrogen-bond donors (Lipinski definition) is 1.